The molecule has 2 atom stereocenters. The first-order chi connectivity index (χ1) is 15.5. The van der Waals surface area contributed by atoms with Crippen LogP contribution in [0.3, 0.4) is 0 Å². The topological polar surface area (TPSA) is 99.7 Å². The van der Waals surface area contributed by atoms with E-state index in [4.69, 9.17) is 9.47 Å². The largest absolute Gasteiger partial charge is 0.768 e. The van der Waals surface area contributed by atoms with Gasteiger partial charge < -0.3 is 24.7 Å². The Morgan fingerprint density at radius 2 is 1.78 bits per heavy atom. The summed E-state index contributed by atoms with van der Waals surface area (Å²) >= 11 is -2.35. The van der Waals surface area contributed by atoms with E-state index in [9.17, 15) is 13.6 Å². The van der Waals surface area contributed by atoms with Gasteiger partial charge in [-0.05, 0) is 55.1 Å². The summed E-state index contributed by atoms with van der Waals surface area (Å²) in [6.45, 7) is 2.92. The first-order valence-electron chi connectivity index (χ1n) is 10.9. The van der Waals surface area contributed by atoms with Crippen LogP contribution in [0.4, 0.5) is 5.69 Å². The highest BCUT2D eigenvalue weighted by atomic mass is 32.2. The van der Waals surface area contributed by atoms with Crippen LogP contribution in [0, 0.1) is 0 Å². The number of unbranched alkanes of at least 4 members (excludes halogenated alkanes) is 3. The first kappa shape index (κ1) is 25.8. The van der Waals surface area contributed by atoms with Gasteiger partial charge in [0.2, 0.25) is 0 Å². The normalized spacial score (nSPS) is 12.8. The maximum Gasteiger partial charge on any atom is 0.305 e. The molecule has 0 spiro atoms. The molecule has 0 heterocycles. The zero-order valence-electron chi connectivity index (χ0n) is 19.0. The van der Waals surface area contributed by atoms with Gasteiger partial charge in [-0.25, -0.2) is 0 Å². The van der Waals surface area contributed by atoms with Gasteiger partial charge in [0.25, 0.3) is 0 Å². The molecule has 0 aromatic heterocycles. The highest BCUT2D eigenvalue weighted by molar-refractivity contribution is 7.79. The number of para-hydroxylation sites is 1. The molecule has 2 rings (SSSR count). The summed E-state index contributed by atoms with van der Waals surface area (Å²) < 4.78 is 34.2. The van der Waals surface area contributed by atoms with Crippen LogP contribution in [0.15, 0.2) is 47.4 Å². The minimum atomic E-state index is -2.35. The Balaban J connectivity index is 2.14. The average Bonchev–Trinajstić information content (AvgIpc) is 2.80. The molecule has 0 aliphatic rings. The number of esters is 1. The lowest BCUT2D eigenvalue weighted by atomic mass is 9.96. The Morgan fingerprint density at radius 3 is 2.47 bits per heavy atom. The first-order valence-corrected chi connectivity index (χ1v) is 12.0. The number of carbonyl (C=O) groups is 1. The van der Waals surface area contributed by atoms with Gasteiger partial charge in [0.05, 0.1) is 25.4 Å². The van der Waals surface area contributed by atoms with Gasteiger partial charge in [-0.2, -0.15) is 0 Å². The van der Waals surface area contributed by atoms with Crippen molar-refractivity contribution in [2.75, 3.05) is 32.6 Å². The summed E-state index contributed by atoms with van der Waals surface area (Å²) in [6, 6.07) is 12.4. The van der Waals surface area contributed by atoms with Crippen molar-refractivity contribution in [1.82, 2.24) is 5.32 Å². The lowest BCUT2D eigenvalue weighted by molar-refractivity contribution is -0.143. The maximum atomic E-state index is 11.9. The number of hydrogen-bond donors (Lipinski definition) is 2. The fourth-order valence-corrected chi connectivity index (χ4v) is 4.28. The molecule has 2 aromatic rings. The van der Waals surface area contributed by atoms with Crippen molar-refractivity contribution < 1.29 is 23.0 Å². The molecule has 176 valence electrons. The number of rotatable bonds is 14. The SMILES string of the molecule is CCOC(=O)CCCCCCNC(c1ccccc1S(=O)[O-])c1cccc(OC)c1NC. The summed E-state index contributed by atoms with van der Waals surface area (Å²) in [5.41, 5.74) is 2.41. The highest BCUT2D eigenvalue weighted by Crippen LogP contribution is 2.36. The average molecular weight is 462 g/mol. The van der Waals surface area contributed by atoms with E-state index in [1.54, 1.807) is 19.2 Å². The Hall–Kier alpha value is -2.42. The molecule has 0 bridgehead atoms. The van der Waals surface area contributed by atoms with Crippen LogP contribution in [0.5, 0.6) is 5.75 Å². The Morgan fingerprint density at radius 1 is 1.06 bits per heavy atom. The minimum Gasteiger partial charge on any atom is -0.768 e. The third-order valence-electron chi connectivity index (χ3n) is 5.21. The number of methoxy groups -OCH3 is 1. The van der Waals surface area contributed by atoms with Gasteiger partial charge in [-0.3, -0.25) is 9.00 Å². The van der Waals surface area contributed by atoms with Gasteiger partial charge in [0, 0.05) is 23.9 Å². The minimum absolute atomic E-state index is 0.148. The van der Waals surface area contributed by atoms with E-state index < -0.39 is 11.1 Å². The Bertz CT molecular complexity index is 890. The molecule has 0 fully saturated rings. The van der Waals surface area contributed by atoms with E-state index in [1.165, 1.54) is 0 Å². The molecule has 2 aromatic carbocycles. The quantitative estimate of drug-likeness (QED) is 0.247. The molecule has 0 saturated heterocycles. The lowest BCUT2D eigenvalue weighted by Gasteiger charge is -2.26. The van der Waals surface area contributed by atoms with E-state index in [1.807, 2.05) is 44.3 Å². The second-order valence-electron chi connectivity index (χ2n) is 7.30. The molecule has 7 nitrogen and oxygen atoms in total. The third kappa shape index (κ3) is 7.32. The predicted molar refractivity (Wildman–Crippen MR) is 126 cm³/mol. The molecule has 0 aliphatic heterocycles. The lowest BCUT2D eigenvalue weighted by Crippen LogP contribution is -2.25. The summed E-state index contributed by atoms with van der Waals surface area (Å²) in [6.07, 6.45) is 4.06. The van der Waals surface area contributed by atoms with Gasteiger partial charge >= 0.3 is 5.97 Å². The summed E-state index contributed by atoms with van der Waals surface area (Å²) in [5, 5.41) is 6.72. The highest BCUT2D eigenvalue weighted by Gasteiger charge is 2.22. The molecule has 2 unspecified atom stereocenters. The van der Waals surface area contributed by atoms with Gasteiger partial charge in [-0.1, -0.05) is 43.2 Å². The molecular weight excluding hydrogens is 428 g/mol. The van der Waals surface area contributed by atoms with Crippen molar-refractivity contribution in [2.45, 2.75) is 50.0 Å². The van der Waals surface area contributed by atoms with Gasteiger partial charge in [0.1, 0.15) is 5.75 Å². The smallest absolute Gasteiger partial charge is 0.305 e. The van der Waals surface area contributed by atoms with Crippen LogP contribution >= 0.6 is 0 Å². The van der Waals surface area contributed by atoms with Crippen molar-refractivity contribution in [1.29, 1.82) is 0 Å². The number of anilines is 1. The van der Waals surface area contributed by atoms with Crippen molar-refractivity contribution >= 4 is 22.7 Å². The van der Waals surface area contributed by atoms with Crippen molar-refractivity contribution in [3.8, 4) is 5.75 Å². The summed E-state index contributed by atoms with van der Waals surface area (Å²) in [5.74, 6) is 0.544. The van der Waals surface area contributed by atoms with Crippen LogP contribution in [0.25, 0.3) is 0 Å². The van der Waals surface area contributed by atoms with E-state index in [-0.39, 0.29) is 16.9 Å². The van der Waals surface area contributed by atoms with Crippen molar-refractivity contribution in [2.24, 2.45) is 0 Å². The third-order valence-corrected chi connectivity index (χ3v) is 5.94. The van der Waals surface area contributed by atoms with Crippen LogP contribution < -0.4 is 15.4 Å². The molecule has 2 N–H and O–H groups in total. The van der Waals surface area contributed by atoms with Crippen LogP contribution in [0.2, 0.25) is 0 Å². The Labute approximate surface area is 193 Å². The molecule has 0 radical (unpaired) electrons. The zero-order chi connectivity index (χ0) is 23.3. The van der Waals surface area contributed by atoms with Crippen LogP contribution in [-0.2, 0) is 20.6 Å². The maximum absolute atomic E-state index is 11.9. The Kier molecular flexibility index (Phi) is 11.2. The number of benzene rings is 2. The standard InChI is InChI=1S/C24H34N2O5S/c1-4-31-22(27)16-7-5-6-10-17-26-23(18-12-8-9-15-21(18)32(28)29)19-13-11-14-20(30-3)24(19)25-2/h8-9,11-15,23,25-26H,4-7,10,16-17H2,1-3H3,(H,28,29)/p-1. The number of carbonyl (C=O) groups excluding carboxylic acids is 1. The second-order valence-corrected chi connectivity index (χ2v) is 8.21. The van der Waals surface area contributed by atoms with Crippen LogP contribution in [0.1, 0.15) is 56.2 Å². The molecule has 0 aliphatic carbocycles. The van der Waals surface area contributed by atoms with E-state index in [0.717, 1.165) is 36.9 Å². The zero-order valence-corrected chi connectivity index (χ0v) is 19.8. The van der Waals surface area contributed by atoms with Gasteiger partial charge in [0.15, 0.2) is 0 Å². The monoisotopic (exact) mass is 461 g/mol. The van der Waals surface area contributed by atoms with Crippen molar-refractivity contribution in [3.05, 3.63) is 53.6 Å². The fourth-order valence-electron chi connectivity index (χ4n) is 3.71. The second kappa shape index (κ2) is 13.9. The van der Waals surface area contributed by atoms with E-state index >= 15 is 0 Å². The van der Waals surface area contributed by atoms with E-state index in [2.05, 4.69) is 10.6 Å². The molecular formula is C24H33N2O5S-. The molecule has 0 saturated carbocycles. The molecule has 0 amide bonds. The fraction of sp³-hybridized carbons (Fsp3) is 0.458. The number of hydrogen-bond acceptors (Lipinski definition) is 7. The number of nitrogens with one attached hydrogen (secondary N) is 2. The number of ether oxygens (including phenoxy) is 2. The molecule has 8 heteroatoms. The molecule has 32 heavy (non-hydrogen) atoms. The van der Waals surface area contributed by atoms with Crippen LogP contribution in [-0.4, -0.2) is 42.0 Å². The summed E-state index contributed by atoms with van der Waals surface area (Å²) in [7, 11) is 3.43. The van der Waals surface area contributed by atoms with Gasteiger partial charge in [-0.15, -0.1) is 0 Å². The predicted octanol–water partition coefficient (Wildman–Crippen LogP) is 4.17. The van der Waals surface area contributed by atoms with E-state index in [0.29, 0.717) is 30.9 Å². The summed E-state index contributed by atoms with van der Waals surface area (Å²) in [4.78, 5) is 11.7. The van der Waals surface area contributed by atoms with Crippen molar-refractivity contribution in [3.63, 3.8) is 0 Å².